The first-order valence-corrected chi connectivity index (χ1v) is 25.0. The lowest BCUT2D eigenvalue weighted by atomic mass is 9.75. The number of cyclic esters (lactones) is 1. The van der Waals surface area contributed by atoms with Crippen molar-refractivity contribution >= 4 is 40.5 Å². The monoisotopic (exact) mass is 1060 g/mol. The molecular weight excluding hydrogens is 1000 g/mol. The van der Waals surface area contributed by atoms with Crippen LogP contribution in [0, 0.1) is 0 Å². The Balaban J connectivity index is 0.670. The molecule has 20 heteroatoms. The summed E-state index contributed by atoms with van der Waals surface area (Å²) < 4.78 is 69.4. The van der Waals surface area contributed by atoms with Crippen molar-refractivity contribution in [2.24, 2.45) is 0 Å². The fourth-order valence-electron chi connectivity index (χ4n) is 9.97. The minimum absolute atomic E-state index is 0.00612. The van der Waals surface area contributed by atoms with Crippen LogP contribution in [0.1, 0.15) is 51.9 Å². The average Bonchev–Trinajstić information content (AvgIpc) is 4.11. The molecular formula is C56H56N2O17S. The molecule has 4 aromatic rings. The zero-order valence-corrected chi connectivity index (χ0v) is 42.7. The molecule has 4 heterocycles. The zero-order chi connectivity index (χ0) is 53.0. The summed E-state index contributed by atoms with van der Waals surface area (Å²) in [6, 6.07) is 18.6. The van der Waals surface area contributed by atoms with E-state index in [4.69, 9.17) is 69.1 Å². The molecule has 4 aromatic carbocycles. The summed E-state index contributed by atoms with van der Waals surface area (Å²) in [4.78, 5) is 27.3. The smallest absolute Gasteiger partial charge is 0.341 e. The third-order valence-corrected chi connectivity index (χ3v) is 13.8. The van der Waals surface area contributed by atoms with Gasteiger partial charge in [-0.3, -0.25) is 0 Å². The second-order valence-electron chi connectivity index (χ2n) is 18.1. The van der Waals surface area contributed by atoms with Crippen LogP contribution < -0.4 is 39.1 Å². The van der Waals surface area contributed by atoms with Crippen LogP contribution in [0.2, 0.25) is 0 Å². The summed E-state index contributed by atoms with van der Waals surface area (Å²) in [5, 5.41) is 39.4. The number of phenols is 1. The van der Waals surface area contributed by atoms with E-state index in [2.05, 4.69) is 10.6 Å². The number of carbonyl (C=O) groups excluding carboxylic acids is 2. The summed E-state index contributed by atoms with van der Waals surface area (Å²) in [6.45, 7) is 2.52. The largest absolute Gasteiger partial charge is 0.508 e. The molecule has 19 nitrogen and oxygen atoms in total. The van der Waals surface area contributed by atoms with E-state index in [9.17, 15) is 24.9 Å². The van der Waals surface area contributed by atoms with Gasteiger partial charge in [-0.2, -0.15) is 0 Å². The quantitative estimate of drug-likeness (QED) is 0.0344. The Bertz CT molecular complexity index is 3110. The van der Waals surface area contributed by atoms with Crippen molar-refractivity contribution in [2.45, 2.75) is 43.2 Å². The van der Waals surface area contributed by atoms with Crippen molar-refractivity contribution in [3.05, 3.63) is 147 Å². The van der Waals surface area contributed by atoms with Gasteiger partial charge in [0, 0.05) is 65.4 Å². The van der Waals surface area contributed by atoms with Gasteiger partial charge < -0.3 is 82.8 Å². The molecule has 0 bridgehead atoms. The lowest BCUT2D eigenvalue weighted by molar-refractivity contribution is -0.170. The number of aromatic hydroxyl groups is 1. The highest BCUT2D eigenvalue weighted by atomic mass is 32.1. The molecule has 2 aliphatic carbocycles. The minimum Gasteiger partial charge on any atom is -0.508 e. The van der Waals surface area contributed by atoms with Crippen LogP contribution in [0.3, 0.4) is 0 Å². The Morgan fingerprint density at radius 3 is 2.30 bits per heavy atom. The summed E-state index contributed by atoms with van der Waals surface area (Å²) in [7, 11) is 4.61. The number of carbonyl (C=O) groups is 2. The maximum absolute atomic E-state index is 13.8. The molecule has 10 rings (SSSR count). The zero-order valence-electron chi connectivity index (χ0n) is 41.9. The molecule has 1 spiro atoms. The number of phenolic OH excluding ortho intramolecular Hbond substituents is 1. The van der Waals surface area contributed by atoms with E-state index in [0.717, 1.165) is 5.76 Å². The molecule has 76 heavy (non-hydrogen) atoms. The van der Waals surface area contributed by atoms with E-state index < -0.39 is 29.4 Å². The first-order chi connectivity index (χ1) is 36.9. The molecule has 4 aliphatic heterocycles. The van der Waals surface area contributed by atoms with E-state index in [-0.39, 0.29) is 44.2 Å². The van der Waals surface area contributed by atoms with E-state index in [1.807, 2.05) is 0 Å². The van der Waals surface area contributed by atoms with Gasteiger partial charge in [-0.1, -0.05) is 30.4 Å². The minimum atomic E-state index is -2.05. The topological polar surface area (TPSA) is 230 Å². The number of aliphatic hydroxyl groups is 2. The predicted molar refractivity (Wildman–Crippen MR) is 277 cm³/mol. The summed E-state index contributed by atoms with van der Waals surface area (Å²) in [5.74, 6) is 0.410. The summed E-state index contributed by atoms with van der Waals surface area (Å²) in [5.41, 5.74) is 3.57. The van der Waals surface area contributed by atoms with Gasteiger partial charge in [-0.25, -0.2) is 9.59 Å². The fourth-order valence-corrected chi connectivity index (χ4v) is 10.2. The Hall–Kier alpha value is -7.59. The van der Waals surface area contributed by atoms with Gasteiger partial charge in [0.15, 0.2) is 33.7 Å². The fraction of sp³-hybridized carbons (Fsp3) is 0.339. The van der Waals surface area contributed by atoms with Crippen LogP contribution in [0.4, 0.5) is 5.69 Å². The van der Waals surface area contributed by atoms with Crippen molar-refractivity contribution in [1.82, 2.24) is 5.32 Å². The van der Waals surface area contributed by atoms with Crippen molar-refractivity contribution in [3.8, 4) is 40.2 Å². The number of fused-ring (bicyclic) bond motifs is 6. The highest BCUT2D eigenvalue weighted by molar-refractivity contribution is 7.80. The highest BCUT2D eigenvalue weighted by Crippen LogP contribution is 2.56. The Kier molecular flexibility index (Phi) is 15.2. The number of hydrogen-bond donors (Lipinski definition) is 5. The van der Waals surface area contributed by atoms with Crippen LogP contribution in [0.5, 0.6) is 40.2 Å². The van der Waals surface area contributed by atoms with E-state index in [1.54, 1.807) is 86.0 Å². The predicted octanol–water partition coefficient (Wildman–Crippen LogP) is 6.43. The lowest BCUT2D eigenvalue weighted by Crippen LogP contribution is -2.37. The SMILES string of the molecule is COC1=CC=C(C2(O)OC(=O)C(c3ccc4c(c3)OCO4)=C2Cc2cc(OC)c(OC)c(OCCOCCOCCOCCNC(=S)Nc3ccc4c(c3)C(=O)OC43C4=C(CC(O)C=C4)Oc4cc(O)ccc43)c2)CC1. The molecule has 0 saturated heterocycles. The van der Waals surface area contributed by atoms with Gasteiger partial charge >= 0.3 is 11.9 Å². The first kappa shape index (κ1) is 51.9. The van der Waals surface area contributed by atoms with Crippen LogP contribution >= 0.6 is 12.2 Å². The normalized spacial score (nSPS) is 20.7. The van der Waals surface area contributed by atoms with Gasteiger partial charge in [0.2, 0.25) is 12.5 Å². The highest BCUT2D eigenvalue weighted by Gasteiger charge is 2.55. The first-order valence-electron chi connectivity index (χ1n) is 24.6. The number of hydrogen-bond acceptors (Lipinski definition) is 18. The van der Waals surface area contributed by atoms with Crippen molar-refractivity contribution in [2.75, 3.05) is 86.2 Å². The van der Waals surface area contributed by atoms with E-state index in [0.29, 0.717) is 148 Å². The number of aliphatic hydroxyl groups excluding tert-OH is 1. The third-order valence-electron chi connectivity index (χ3n) is 13.5. The van der Waals surface area contributed by atoms with E-state index in [1.165, 1.54) is 26.4 Å². The van der Waals surface area contributed by atoms with Crippen molar-refractivity contribution in [1.29, 1.82) is 0 Å². The molecule has 3 atom stereocenters. The Morgan fingerprint density at radius 2 is 1.54 bits per heavy atom. The summed E-state index contributed by atoms with van der Waals surface area (Å²) >= 11 is 5.52. The Morgan fingerprint density at radius 1 is 0.776 bits per heavy atom. The second-order valence-corrected chi connectivity index (χ2v) is 18.5. The molecule has 3 unspecified atom stereocenters. The molecule has 0 fully saturated rings. The Labute approximate surface area is 442 Å². The number of esters is 2. The summed E-state index contributed by atoms with van der Waals surface area (Å²) in [6.07, 6.45) is 7.26. The molecule has 0 saturated carbocycles. The molecule has 0 aromatic heterocycles. The number of allylic oxidation sites excluding steroid dienone is 3. The maximum atomic E-state index is 13.8. The van der Waals surface area contributed by atoms with Crippen LogP contribution in [-0.2, 0) is 45.2 Å². The number of ether oxygens (including phenoxy) is 12. The van der Waals surface area contributed by atoms with Gasteiger partial charge in [-0.05, 0) is 84.4 Å². The molecule has 5 N–H and O–H groups in total. The number of nitrogens with one attached hydrogen (secondary N) is 2. The molecule has 6 aliphatic rings. The standard InChI is InChI=1S/C56H56N2O17S/c1-64-38-10-5-34(6-11-38)56(63)43(50(53(62)75-56)33-4-15-44-47(27-33)72-31-71-44)24-32-25-48(65-2)51(66-3)49(26-32)70-23-22-69-21-20-68-19-18-67-17-16-57-54(76)58-35-7-12-40-39(28-35)52(61)74-55(40)41-13-8-36(59)29-45(41)73-46-30-37(60)9-14-42(46)55/h4-5,7-10,12-15,25-29,37,59-60,63H,6,11,16-24,30-31H2,1-3H3,(H2,57,58,76). The third kappa shape index (κ3) is 10.3. The number of methoxy groups -OCH3 is 3. The van der Waals surface area contributed by atoms with Gasteiger partial charge in [0.1, 0.15) is 23.9 Å². The van der Waals surface area contributed by atoms with E-state index >= 15 is 0 Å². The number of benzene rings is 4. The van der Waals surface area contributed by atoms with Crippen LogP contribution in [0.15, 0.2) is 119 Å². The lowest BCUT2D eigenvalue weighted by Gasteiger charge is -2.39. The molecule has 398 valence electrons. The number of anilines is 1. The average molecular weight is 1060 g/mol. The number of thiocarbonyl (C=S) groups is 1. The number of rotatable bonds is 21. The van der Waals surface area contributed by atoms with Gasteiger partial charge in [0.05, 0.1) is 84.0 Å². The molecule has 0 radical (unpaired) electrons. The van der Waals surface area contributed by atoms with Crippen molar-refractivity contribution in [3.63, 3.8) is 0 Å². The van der Waals surface area contributed by atoms with Gasteiger partial charge in [0.25, 0.3) is 5.79 Å². The van der Waals surface area contributed by atoms with Crippen LogP contribution in [-0.4, -0.2) is 125 Å². The van der Waals surface area contributed by atoms with Crippen molar-refractivity contribution < 1.29 is 81.8 Å². The van der Waals surface area contributed by atoms with Crippen LogP contribution in [0.25, 0.3) is 5.57 Å². The maximum Gasteiger partial charge on any atom is 0.341 e. The second kappa shape index (κ2) is 22.3. The molecule has 0 amide bonds. The van der Waals surface area contributed by atoms with Gasteiger partial charge in [-0.15, -0.1) is 0 Å².